The number of aliphatic hydroxyl groups excluding tert-OH is 1. The number of fused-ring (bicyclic) bond motifs is 5. The summed E-state index contributed by atoms with van der Waals surface area (Å²) < 4.78 is 34.2. The van der Waals surface area contributed by atoms with Crippen LogP contribution in [0.1, 0.15) is 97.5 Å². The first-order chi connectivity index (χ1) is 21.8. The second-order valence-electron chi connectivity index (χ2n) is 16.0. The fraction of sp³-hybridized carbons (Fsp3) is 0.763. The predicted molar refractivity (Wildman–Crippen MR) is 183 cm³/mol. The molecule has 0 radical (unpaired) electrons. The molecule has 0 saturated heterocycles. The Morgan fingerprint density at radius 3 is 2.59 bits per heavy atom. The summed E-state index contributed by atoms with van der Waals surface area (Å²) in [4.78, 5) is 11.9. The average Bonchev–Trinajstić information content (AvgIpc) is 3.28. The molecule has 10 atom stereocenters. The molecule has 1 aromatic carbocycles. The number of allylic oxidation sites excluding steroid dienone is 1. The lowest BCUT2D eigenvalue weighted by Gasteiger charge is -2.58. The lowest BCUT2D eigenvalue weighted by Crippen LogP contribution is -2.51. The lowest BCUT2D eigenvalue weighted by molar-refractivity contribution is -0.0691. The summed E-state index contributed by atoms with van der Waals surface area (Å²) in [5.74, 6) is 2.83. The largest absolute Gasteiger partial charge is 0.449 e. The van der Waals surface area contributed by atoms with Gasteiger partial charge in [-0.1, -0.05) is 82.5 Å². The van der Waals surface area contributed by atoms with Crippen LogP contribution in [0.3, 0.4) is 0 Å². The third-order valence-electron chi connectivity index (χ3n) is 12.7. The van der Waals surface area contributed by atoms with E-state index < -0.39 is 15.9 Å². The number of carbonyl (C=O) groups is 1. The molecule has 1 aromatic rings. The third-order valence-corrected chi connectivity index (χ3v) is 13.7. The van der Waals surface area contributed by atoms with Gasteiger partial charge in [0, 0.05) is 12.8 Å². The molecule has 0 unspecified atom stereocenters. The van der Waals surface area contributed by atoms with Crippen molar-refractivity contribution in [3.05, 3.63) is 47.5 Å². The quantitative estimate of drug-likeness (QED) is 0.215. The molecule has 4 aliphatic carbocycles. The second-order valence-corrected chi connectivity index (χ2v) is 18.2. The van der Waals surface area contributed by atoms with Crippen LogP contribution in [0.15, 0.2) is 42.0 Å². The summed E-state index contributed by atoms with van der Waals surface area (Å²) in [7, 11) is -3.11. The minimum absolute atomic E-state index is 0.0654. The molecule has 8 heteroatoms. The monoisotopic (exact) mass is 657 g/mol. The molecule has 2 N–H and O–H groups in total. The van der Waals surface area contributed by atoms with Crippen LogP contribution in [0.4, 0.5) is 4.79 Å². The molecule has 4 aliphatic rings. The molecule has 258 valence electrons. The number of alkyl carbamates (subject to hydrolysis) is 1. The zero-order valence-electron chi connectivity index (χ0n) is 28.9. The number of carbonyl (C=O) groups excluding carboxylic acids is 1. The molecular weight excluding hydrogens is 598 g/mol. The Hall–Kier alpha value is -1.90. The minimum Gasteiger partial charge on any atom is -0.449 e. The summed E-state index contributed by atoms with van der Waals surface area (Å²) in [6.45, 7) is 10.6. The Bertz CT molecular complexity index is 1320. The average molecular weight is 658 g/mol. The zero-order chi connectivity index (χ0) is 33.1. The number of hydrogen-bond donors (Lipinski definition) is 2. The highest BCUT2D eigenvalue weighted by molar-refractivity contribution is 7.90. The van der Waals surface area contributed by atoms with Gasteiger partial charge in [0.2, 0.25) is 0 Å². The van der Waals surface area contributed by atoms with Crippen LogP contribution in [0.25, 0.3) is 0 Å². The normalized spacial score (nSPS) is 35.2. The van der Waals surface area contributed by atoms with Crippen molar-refractivity contribution < 1.29 is 27.8 Å². The molecule has 3 fully saturated rings. The Morgan fingerprint density at radius 2 is 1.85 bits per heavy atom. The van der Waals surface area contributed by atoms with Gasteiger partial charge in [-0.15, -0.1) is 0 Å². The first-order valence-electron chi connectivity index (χ1n) is 17.9. The van der Waals surface area contributed by atoms with Crippen LogP contribution in [0.2, 0.25) is 0 Å². The van der Waals surface area contributed by atoms with Gasteiger partial charge in [-0.25, -0.2) is 13.2 Å². The number of nitrogens with one attached hydrogen (secondary N) is 1. The Balaban J connectivity index is 1.11. The third kappa shape index (κ3) is 8.03. The molecule has 0 aromatic heterocycles. The maximum absolute atomic E-state index is 11.9. The number of benzene rings is 1. The Morgan fingerprint density at radius 1 is 1.09 bits per heavy atom. The zero-order valence-corrected chi connectivity index (χ0v) is 29.7. The van der Waals surface area contributed by atoms with Crippen molar-refractivity contribution in [2.75, 3.05) is 25.2 Å². The molecule has 1 amide bonds. The SMILES string of the molecule is C[C@H](CCC[C@@H](C)[C@H]1[C@@H](O)C[C@H]2[C@@H]3CC=C4C[C@@H](OCc5ccccc5)CC[C@]4(C)[C@H]3CC[C@]12C)COC(=O)NCCS(C)(=O)=O. The summed E-state index contributed by atoms with van der Waals surface area (Å²) in [5, 5.41) is 14.1. The van der Waals surface area contributed by atoms with Crippen LogP contribution in [-0.4, -0.2) is 57.0 Å². The van der Waals surface area contributed by atoms with Gasteiger partial charge >= 0.3 is 6.09 Å². The Labute approximate surface area is 278 Å². The van der Waals surface area contributed by atoms with E-state index >= 15 is 0 Å². The highest BCUT2D eigenvalue weighted by atomic mass is 32.2. The van der Waals surface area contributed by atoms with Crippen molar-refractivity contribution in [2.45, 2.75) is 111 Å². The predicted octanol–water partition coefficient (Wildman–Crippen LogP) is 7.33. The van der Waals surface area contributed by atoms with Crippen molar-refractivity contribution in [1.82, 2.24) is 5.32 Å². The summed E-state index contributed by atoms with van der Waals surface area (Å²) in [5.41, 5.74) is 3.32. The number of rotatable bonds is 13. The van der Waals surface area contributed by atoms with Crippen molar-refractivity contribution in [2.24, 2.45) is 46.3 Å². The summed E-state index contributed by atoms with van der Waals surface area (Å²) in [6.07, 6.45) is 14.3. The van der Waals surface area contributed by atoms with Gasteiger partial charge < -0.3 is 19.9 Å². The Kier molecular flexibility index (Phi) is 11.3. The number of hydrogen-bond acceptors (Lipinski definition) is 6. The maximum atomic E-state index is 11.9. The molecule has 0 bridgehead atoms. The van der Waals surface area contributed by atoms with E-state index in [-0.39, 0.29) is 35.1 Å². The highest BCUT2D eigenvalue weighted by Gasteiger charge is 2.61. The van der Waals surface area contributed by atoms with Crippen LogP contribution >= 0.6 is 0 Å². The highest BCUT2D eigenvalue weighted by Crippen LogP contribution is 2.67. The van der Waals surface area contributed by atoms with Crippen LogP contribution in [-0.2, 0) is 25.9 Å². The van der Waals surface area contributed by atoms with E-state index in [1.165, 1.54) is 24.8 Å². The van der Waals surface area contributed by atoms with E-state index in [2.05, 4.69) is 69.4 Å². The number of aliphatic hydroxyl groups is 1. The van der Waals surface area contributed by atoms with Crippen molar-refractivity contribution >= 4 is 15.9 Å². The summed E-state index contributed by atoms with van der Waals surface area (Å²) >= 11 is 0. The van der Waals surface area contributed by atoms with E-state index in [0.29, 0.717) is 48.9 Å². The van der Waals surface area contributed by atoms with Crippen LogP contribution < -0.4 is 5.32 Å². The molecule has 46 heavy (non-hydrogen) atoms. The standard InChI is InChI=1S/C38H59NO6S/c1-26(24-45-36(41)39-20-21-46(5,42)43)10-9-11-27(2)35-34(40)23-33-31-15-14-29-22-30(44-25-28-12-7-6-8-13-28)16-18-37(29,3)32(31)17-19-38(33,35)4/h6-8,12-14,26-27,30-35,40H,9-11,15-25H2,1-5H3,(H,39,41)/t26-,27-,30+,31-,32+,33+,34+,35+,37+,38+/m1/s1. The number of ether oxygens (including phenoxy) is 2. The number of sulfone groups is 1. The van der Waals surface area contributed by atoms with Crippen LogP contribution in [0.5, 0.6) is 0 Å². The van der Waals surface area contributed by atoms with Gasteiger partial charge in [0.1, 0.15) is 9.84 Å². The van der Waals surface area contributed by atoms with Crippen molar-refractivity contribution in [1.29, 1.82) is 0 Å². The van der Waals surface area contributed by atoms with E-state index in [1.807, 2.05) is 0 Å². The van der Waals surface area contributed by atoms with E-state index in [1.54, 1.807) is 5.57 Å². The molecule has 0 aliphatic heterocycles. The van der Waals surface area contributed by atoms with Crippen molar-refractivity contribution in [3.8, 4) is 0 Å². The fourth-order valence-electron chi connectivity index (χ4n) is 10.3. The molecule has 0 heterocycles. The minimum atomic E-state index is -3.11. The first-order valence-corrected chi connectivity index (χ1v) is 20.0. The van der Waals surface area contributed by atoms with E-state index in [0.717, 1.165) is 51.2 Å². The smallest absolute Gasteiger partial charge is 0.407 e. The van der Waals surface area contributed by atoms with E-state index in [4.69, 9.17) is 9.47 Å². The van der Waals surface area contributed by atoms with Gasteiger partial charge in [0.25, 0.3) is 0 Å². The van der Waals surface area contributed by atoms with Crippen LogP contribution in [0, 0.1) is 46.3 Å². The fourth-order valence-corrected chi connectivity index (χ4v) is 10.8. The molecule has 0 spiro atoms. The first kappa shape index (κ1) is 35.4. The maximum Gasteiger partial charge on any atom is 0.407 e. The van der Waals surface area contributed by atoms with Gasteiger partial charge in [-0.3, -0.25) is 0 Å². The second kappa shape index (κ2) is 14.7. The molecular formula is C38H59NO6S. The number of amides is 1. The topological polar surface area (TPSA) is 102 Å². The van der Waals surface area contributed by atoms with E-state index in [9.17, 15) is 18.3 Å². The molecule has 3 saturated carbocycles. The molecule has 5 rings (SSSR count). The lowest BCUT2D eigenvalue weighted by atomic mass is 9.47. The summed E-state index contributed by atoms with van der Waals surface area (Å²) in [6, 6.07) is 10.5. The van der Waals surface area contributed by atoms with Gasteiger partial charge in [-0.05, 0) is 103 Å². The van der Waals surface area contributed by atoms with Gasteiger partial charge in [0.05, 0.1) is 31.2 Å². The van der Waals surface area contributed by atoms with Gasteiger partial charge in [0.15, 0.2) is 0 Å². The molecule has 7 nitrogen and oxygen atoms in total. The van der Waals surface area contributed by atoms with Gasteiger partial charge in [-0.2, -0.15) is 0 Å². The van der Waals surface area contributed by atoms with Crippen molar-refractivity contribution in [3.63, 3.8) is 0 Å².